The molecule has 0 unspecified atom stereocenters. The Kier molecular flexibility index (Phi) is 5.65. The predicted molar refractivity (Wildman–Crippen MR) is 103 cm³/mol. The number of hydrogen-bond donors (Lipinski definition) is 3. The first kappa shape index (κ1) is 17.0. The third-order valence-corrected chi connectivity index (χ3v) is 4.04. The molecule has 0 spiro atoms. The Hall–Kier alpha value is -2.85. The van der Waals surface area contributed by atoms with Gasteiger partial charge in [-0.2, -0.15) is 0 Å². The molecule has 3 N–H and O–H groups in total. The fraction of sp³-hybridized carbons (Fsp3) is 0.190. The Balaban J connectivity index is 1.58. The van der Waals surface area contributed by atoms with Gasteiger partial charge in [0.2, 0.25) is 0 Å². The smallest absolute Gasteiger partial charge is 0.265 e. The molecule has 1 amide bonds. The Morgan fingerprint density at radius 3 is 2.44 bits per heavy atom. The van der Waals surface area contributed by atoms with Gasteiger partial charge in [-0.3, -0.25) is 10.2 Å². The topological polar surface area (TPSA) is 53.2 Å². The van der Waals surface area contributed by atoms with Crippen LogP contribution in [0.1, 0.15) is 29.3 Å². The molecule has 128 valence electrons. The highest BCUT2D eigenvalue weighted by Crippen LogP contribution is 2.19. The van der Waals surface area contributed by atoms with Crippen LogP contribution in [-0.2, 0) is 6.54 Å². The van der Waals surface area contributed by atoms with Gasteiger partial charge in [-0.25, -0.2) is 5.43 Å². The van der Waals surface area contributed by atoms with Crippen LogP contribution < -0.4 is 16.2 Å². The van der Waals surface area contributed by atoms with E-state index in [0.717, 1.165) is 24.2 Å². The largest absolute Gasteiger partial charge is 0.381 e. The minimum Gasteiger partial charge on any atom is -0.381 e. The molecular weight excluding hydrogens is 310 g/mol. The number of carbonyl (C=O) groups excluding carboxylic acids is 1. The lowest BCUT2D eigenvalue weighted by Gasteiger charge is -2.09. The van der Waals surface area contributed by atoms with Crippen LogP contribution >= 0.6 is 0 Å². The van der Waals surface area contributed by atoms with E-state index in [0.29, 0.717) is 12.1 Å². The van der Waals surface area contributed by atoms with Crippen molar-refractivity contribution >= 4 is 22.4 Å². The fourth-order valence-electron chi connectivity index (χ4n) is 2.62. The molecular formula is C21H23N3O. The average molecular weight is 333 g/mol. The number of hydrogen-bond acceptors (Lipinski definition) is 3. The molecule has 0 saturated carbocycles. The van der Waals surface area contributed by atoms with Gasteiger partial charge in [-0.05, 0) is 47.0 Å². The second-order valence-corrected chi connectivity index (χ2v) is 5.99. The van der Waals surface area contributed by atoms with Crippen molar-refractivity contribution in [3.8, 4) is 0 Å². The quantitative estimate of drug-likeness (QED) is 0.451. The fourth-order valence-corrected chi connectivity index (χ4v) is 2.62. The zero-order valence-electron chi connectivity index (χ0n) is 14.4. The SMILES string of the molecule is CCCNNC(=O)c1ccc(CNc2ccc3ccccc3c2)cc1. The van der Waals surface area contributed by atoms with Crippen LogP contribution in [0.2, 0.25) is 0 Å². The van der Waals surface area contributed by atoms with Crippen LogP contribution in [0.4, 0.5) is 5.69 Å². The first-order valence-electron chi connectivity index (χ1n) is 8.61. The van der Waals surface area contributed by atoms with Crippen LogP contribution in [0.5, 0.6) is 0 Å². The molecule has 0 aliphatic heterocycles. The van der Waals surface area contributed by atoms with E-state index in [1.54, 1.807) is 0 Å². The molecule has 0 saturated heterocycles. The number of anilines is 1. The summed E-state index contributed by atoms with van der Waals surface area (Å²) in [6.07, 6.45) is 0.972. The number of nitrogens with one attached hydrogen (secondary N) is 3. The summed E-state index contributed by atoms with van der Waals surface area (Å²) in [6, 6.07) is 22.3. The minimum absolute atomic E-state index is 0.109. The maximum atomic E-state index is 11.9. The van der Waals surface area contributed by atoms with Crippen molar-refractivity contribution in [1.82, 2.24) is 10.9 Å². The van der Waals surface area contributed by atoms with Crippen molar-refractivity contribution in [2.45, 2.75) is 19.9 Å². The average Bonchev–Trinajstić information content (AvgIpc) is 2.66. The summed E-state index contributed by atoms with van der Waals surface area (Å²) < 4.78 is 0. The van der Waals surface area contributed by atoms with Crippen LogP contribution in [-0.4, -0.2) is 12.5 Å². The Bertz CT molecular complexity index is 843. The molecule has 0 aliphatic carbocycles. The monoisotopic (exact) mass is 333 g/mol. The predicted octanol–water partition coefficient (Wildman–Crippen LogP) is 4.10. The maximum Gasteiger partial charge on any atom is 0.265 e. The van der Waals surface area contributed by atoms with Crippen molar-refractivity contribution < 1.29 is 4.79 Å². The van der Waals surface area contributed by atoms with E-state index in [1.165, 1.54) is 10.8 Å². The normalized spacial score (nSPS) is 10.6. The molecule has 3 aromatic carbocycles. The number of carbonyl (C=O) groups is 1. The van der Waals surface area contributed by atoms with Gasteiger partial charge in [-0.1, -0.05) is 49.4 Å². The van der Waals surface area contributed by atoms with E-state index in [2.05, 4.69) is 53.4 Å². The molecule has 0 aliphatic rings. The van der Waals surface area contributed by atoms with Gasteiger partial charge >= 0.3 is 0 Å². The van der Waals surface area contributed by atoms with Crippen LogP contribution in [0.25, 0.3) is 10.8 Å². The highest BCUT2D eigenvalue weighted by Gasteiger charge is 2.04. The molecule has 0 bridgehead atoms. The lowest BCUT2D eigenvalue weighted by molar-refractivity contribution is 0.0933. The third-order valence-electron chi connectivity index (χ3n) is 4.04. The molecule has 4 nitrogen and oxygen atoms in total. The second-order valence-electron chi connectivity index (χ2n) is 5.99. The zero-order valence-corrected chi connectivity index (χ0v) is 14.4. The van der Waals surface area contributed by atoms with Crippen molar-refractivity contribution in [2.75, 3.05) is 11.9 Å². The van der Waals surface area contributed by atoms with Gasteiger partial charge in [0.25, 0.3) is 5.91 Å². The van der Waals surface area contributed by atoms with Crippen molar-refractivity contribution in [1.29, 1.82) is 0 Å². The Morgan fingerprint density at radius 2 is 1.68 bits per heavy atom. The summed E-state index contributed by atoms with van der Waals surface area (Å²) in [5.41, 5.74) is 8.46. The minimum atomic E-state index is -0.109. The molecule has 0 heterocycles. The van der Waals surface area contributed by atoms with Gasteiger partial charge < -0.3 is 5.32 Å². The molecule has 0 fully saturated rings. The summed E-state index contributed by atoms with van der Waals surface area (Å²) in [7, 11) is 0. The van der Waals surface area contributed by atoms with E-state index in [9.17, 15) is 4.79 Å². The van der Waals surface area contributed by atoms with Gasteiger partial charge in [0.05, 0.1) is 0 Å². The van der Waals surface area contributed by atoms with E-state index in [1.807, 2.05) is 36.4 Å². The summed E-state index contributed by atoms with van der Waals surface area (Å²) in [5.74, 6) is -0.109. The van der Waals surface area contributed by atoms with E-state index >= 15 is 0 Å². The highest BCUT2D eigenvalue weighted by atomic mass is 16.2. The molecule has 3 rings (SSSR count). The van der Waals surface area contributed by atoms with E-state index in [-0.39, 0.29) is 5.91 Å². The Labute approximate surface area is 148 Å². The number of amides is 1. The highest BCUT2D eigenvalue weighted by molar-refractivity contribution is 5.93. The Morgan fingerprint density at radius 1 is 0.920 bits per heavy atom. The summed E-state index contributed by atoms with van der Waals surface area (Å²) >= 11 is 0. The van der Waals surface area contributed by atoms with Crippen LogP contribution in [0.3, 0.4) is 0 Å². The van der Waals surface area contributed by atoms with Crippen molar-refractivity contribution in [2.24, 2.45) is 0 Å². The molecule has 4 heteroatoms. The van der Waals surface area contributed by atoms with Gasteiger partial charge in [-0.15, -0.1) is 0 Å². The van der Waals surface area contributed by atoms with Crippen LogP contribution in [0, 0.1) is 0 Å². The zero-order chi connectivity index (χ0) is 17.5. The summed E-state index contributed by atoms with van der Waals surface area (Å²) in [5, 5.41) is 5.89. The van der Waals surface area contributed by atoms with E-state index < -0.39 is 0 Å². The first-order valence-corrected chi connectivity index (χ1v) is 8.61. The van der Waals surface area contributed by atoms with Crippen molar-refractivity contribution in [3.05, 3.63) is 77.9 Å². The summed E-state index contributed by atoms with van der Waals surface area (Å²) in [4.78, 5) is 11.9. The molecule has 0 radical (unpaired) electrons. The van der Waals surface area contributed by atoms with Gasteiger partial charge in [0.15, 0.2) is 0 Å². The third kappa shape index (κ3) is 4.58. The van der Waals surface area contributed by atoms with Crippen LogP contribution in [0.15, 0.2) is 66.7 Å². The standard InChI is InChI=1S/C21H23N3O/c1-2-13-23-24-21(25)18-9-7-16(8-10-18)15-22-20-12-11-17-5-3-4-6-19(17)14-20/h3-12,14,22-23H,2,13,15H2,1H3,(H,24,25). The lowest BCUT2D eigenvalue weighted by Crippen LogP contribution is -2.37. The maximum absolute atomic E-state index is 11.9. The van der Waals surface area contributed by atoms with E-state index in [4.69, 9.17) is 0 Å². The molecule has 0 atom stereocenters. The molecule has 25 heavy (non-hydrogen) atoms. The number of fused-ring (bicyclic) bond motifs is 1. The summed E-state index contributed by atoms with van der Waals surface area (Å²) in [6.45, 7) is 3.53. The number of hydrazine groups is 1. The number of benzene rings is 3. The first-order chi connectivity index (χ1) is 12.3. The van der Waals surface area contributed by atoms with Gasteiger partial charge in [0.1, 0.15) is 0 Å². The lowest BCUT2D eigenvalue weighted by atomic mass is 10.1. The second kappa shape index (κ2) is 8.31. The number of rotatable bonds is 7. The molecule has 3 aromatic rings. The van der Waals surface area contributed by atoms with Gasteiger partial charge in [0, 0.05) is 24.3 Å². The molecule has 0 aromatic heterocycles. The van der Waals surface area contributed by atoms with Crippen molar-refractivity contribution in [3.63, 3.8) is 0 Å².